The zero-order valence-corrected chi connectivity index (χ0v) is 12.6. The van der Waals surface area contributed by atoms with Gasteiger partial charge in [0, 0.05) is 6.54 Å². The lowest BCUT2D eigenvalue weighted by molar-refractivity contribution is 0.524. The normalized spacial score (nSPS) is 13.1. The second-order valence-electron chi connectivity index (χ2n) is 2.89. The Morgan fingerprint density at radius 1 is 0.938 bits per heavy atom. The van der Waals surface area contributed by atoms with E-state index in [1.54, 1.807) is 30.3 Å². The number of rotatable bonds is 4. The van der Waals surface area contributed by atoms with Crippen molar-refractivity contribution in [3.63, 3.8) is 0 Å². The monoisotopic (exact) mass is 339 g/mol. The third-order valence-electron chi connectivity index (χ3n) is 1.70. The number of hydrogen-bond donors (Lipinski definition) is 0. The number of benzene rings is 1. The van der Waals surface area contributed by atoms with E-state index in [1.165, 1.54) is 0 Å². The van der Waals surface area contributed by atoms with Crippen LogP contribution in [0.25, 0.3) is 0 Å². The van der Waals surface area contributed by atoms with Crippen LogP contribution in [0.1, 0.15) is 5.56 Å². The van der Waals surface area contributed by atoms with Crippen molar-refractivity contribution < 1.29 is 9.13 Å². The molecule has 16 heavy (non-hydrogen) atoms. The molecule has 0 saturated carbocycles. The van der Waals surface area contributed by atoms with E-state index in [0.29, 0.717) is 10.0 Å². The molecule has 0 unspecified atom stereocenters. The van der Waals surface area contributed by atoms with Crippen LogP contribution in [0.15, 0.2) is 30.3 Å². The maximum absolute atomic E-state index is 11.5. The Morgan fingerprint density at radius 2 is 1.38 bits per heavy atom. The average molecular weight is 341 g/mol. The summed E-state index contributed by atoms with van der Waals surface area (Å²) in [5.74, 6) is -7.62. The largest absolute Gasteiger partial charge is 0.329 e. The molecular formula is C7H7Cl4NO2P2. The van der Waals surface area contributed by atoms with Gasteiger partial charge in [0.25, 0.3) is 0 Å². The van der Waals surface area contributed by atoms with E-state index in [-0.39, 0.29) is 6.54 Å². The number of hydrogen-bond acceptors (Lipinski definition) is 2. The second kappa shape index (κ2) is 5.63. The summed E-state index contributed by atoms with van der Waals surface area (Å²) in [6, 6.07) is 8.76. The Labute approximate surface area is 113 Å². The highest BCUT2D eigenvalue weighted by Gasteiger charge is 2.38. The number of halogens is 4. The van der Waals surface area contributed by atoms with E-state index in [1.807, 2.05) is 0 Å². The lowest BCUT2D eigenvalue weighted by Crippen LogP contribution is -2.08. The molecule has 0 bridgehead atoms. The van der Waals surface area contributed by atoms with E-state index < -0.39 is 12.0 Å². The van der Waals surface area contributed by atoms with Gasteiger partial charge < -0.3 is 0 Å². The molecule has 0 atom stereocenters. The molecule has 3 nitrogen and oxygen atoms in total. The molecule has 0 amide bonds. The van der Waals surface area contributed by atoms with Crippen molar-refractivity contribution >= 4 is 57.0 Å². The quantitative estimate of drug-likeness (QED) is 0.663. The van der Waals surface area contributed by atoms with E-state index in [2.05, 4.69) is 0 Å². The minimum absolute atomic E-state index is 0.0462. The molecule has 90 valence electrons. The van der Waals surface area contributed by atoms with Crippen LogP contribution >= 0.6 is 57.0 Å². The van der Waals surface area contributed by atoms with Gasteiger partial charge in [0.05, 0.1) is 0 Å². The van der Waals surface area contributed by atoms with Gasteiger partial charge in [-0.3, -0.25) is 9.13 Å². The lowest BCUT2D eigenvalue weighted by atomic mass is 10.2. The van der Waals surface area contributed by atoms with Gasteiger partial charge in [0.1, 0.15) is 0 Å². The molecule has 0 aliphatic heterocycles. The van der Waals surface area contributed by atoms with Crippen molar-refractivity contribution in [1.29, 1.82) is 0 Å². The van der Waals surface area contributed by atoms with Crippen molar-refractivity contribution in [3.05, 3.63) is 35.9 Å². The van der Waals surface area contributed by atoms with Crippen LogP contribution in [0.5, 0.6) is 0 Å². The summed E-state index contributed by atoms with van der Waals surface area (Å²) in [7, 11) is 0. The van der Waals surface area contributed by atoms with Gasteiger partial charge in [0.15, 0.2) is 0 Å². The summed E-state index contributed by atoms with van der Waals surface area (Å²) < 4.78 is 23.7. The summed E-state index contributed by atoms with van der Waals surface area (Å²) in [5, 5.41) is 0. The van der Waals surface area contributed by atoms with Gasteiger partial charge in [-0.1, -0.05) is 30.3 Å². The van der Waals surface area contributed by atoms with Gasteiger partial charge in [0.2, 0.25) is 0 Å². The molecule has 9 heteroatoms. The van der Waals surface area contributed by atoms with Crippen molar-refractivity contribution in [2.75, 3.05) is 0 Å². The third kappa shape index (κ3) is 4.58. The Morgan fingerprint density at radius 3 is 1.75 bits per heavy atom. The summed E-state index contributed by atoms with van der Waals surface area (Å²) in [6.07, 6.45) is 0. The molecule has 0 heterocycles. The molecule has 0 aromatic heterocycles. The summed E-state index contributed by atoms with van der Waals surface area (Å²) in [4.78, 5) is 0. The molecular weight excluding hydrogens is 334 g/mol. The highest BCUT2D eigenvalue weighted by Crippen LogP contribution is 2.76. The topological polar surface area (TPSA) is 37.4 Å². The van der Waals surface area contributed by atoms with Crippen molar-refractivity contribution in [1.82, 2.24) is 4.44 Å². The Hall–Kier alpha value is 0.800. The van der Waals surface area contributed by atoms with E-state index >= 15 is 0 Å². The fraction of sp³-hybridized carbons (Fsp3) is 0.143. The van der Waals surface area contributed by atoms with Gasteiger partial charge in [-0.05, 0) is 50.5 Å². The molecule has 1 aromatic carbocycles. The van der Waals surface area contributed by atoms with Crippen LogP contribution in [-0.4, -0.2) is 4.44 Å². The molecule has 0 fully saturated rings. The van der Waals surface area contributed by atoms with Crippen LogP contribution < -0.4 is 0 Å². The van der Waals surface area contributed by atoms with Gasteiger partial charge >= 0.3 is 12.0 Å². The van der Waals surface area contributed by atoms with Crippen molar-refractivity contribution in [2.24, 2.45) is 0 Å². The highest BCUT2D eigenvalue weighted by atomic mass is 35.9. The average Bonchev–Trinajstić information content (AvgIpc) is 2.12. The van der Waals surface area contributed by atoms with Crippen LogP contribution in [0.2, 0.25) is 0 Å². The van der Waals surface area contributed by atoms with E-state index in [0.717, 1.165) is 0 Å². The first-order valence-electron chi connectivity index (χ1n) is 4.02. The standard InChI is InChI=1S/C7H7Cl4NO2P2/c8-15(9,13)12(16(10,11)14)6-7-4-2-1-3-5-7/h1-5H,6H2. The molecule has 0 N–H and O–H groups in total. The van der Waals surface area contributed by atoms with E-state index in [9.17, 15) is 9.13 Å². The Bertz CT molecular complexity index is 421. The molecule has 0 aliphatic carbocycles. The third-order valence-corrected chi connectivity index (χ3v) is 8.03. The summed E-state index contributed by atoms with van der Waals surface area (Å²) in [6.45, 7) is -0.0462. The van der Waals surface area contributed by atoms with Gasteiger partial charge in [-0.2, -0.15) is 0 Å². The van der Waals surface area contributed by atoms with Gasteiger partial charge in [-0.25, -0.2) is 0 Å². The molecule has 1 aromatic rings. The Kier molecular flexibility index (Phi) is 5.23. The molecule has 0 saturated heterocycles. The molecule has 0 radical (unpaired) electrons. The first-order valence-corrected chi connectivity index (χ1v) is 11.0. The van der Waals surface area contributed by atoms with Crippen LogP contribution in [0.3, 0.4) is 0 Å². The fourth-order valence-corrected chi connectivity index (χ4v) is 7.97. The van der Waals surface area contributed by atoms with Crippen LogP contribution in [0, 0.1) is 0 Å². The second-order valence-corrected chi connectivity index (χ2v) is 12.4. The minimum Gasteiger partial charge on any atom is -0.270 e. The molecule has 0 aliphatic rings. The predicted molar refractivity (Wildman–Crippen MR) is 70.6 cm³/mol. The predicted octanol–water partition coefficient (Wildman–Crippen LogP) is 5.66. The maximum Gasteiger partial charge on any atom is 0.329 e. The first kappa shape index (κ1) is 14.9. The van der Waals surface area contributed by atoms with Crippen molar-refractivity contribution in [2.45, 2.75) is 6.54 Å². The van der Waals surface area contributed by atoms with Crippen molar-refractivity contribution in [3.8, 4) is 0 Å². The number of nitrogens with zero attached hydrogens (tertiary/aromatic N) is 1. The first-order chi connectivity index (χ1) is 7.21. The molecule has 1 rings (SSSR count). The molecule has 0 spiro atoms. The maximum atomic E-state index is 11.5. The van der Waals surface area contributed by atoms with Crippen LogP contribution in [0.4, 0.5) is 0 Å². The van der Waals surface area contributed by atoms with E-state index in [4.69, 9.17) is 45.0 Å². The minimum atomic E-state index is -3.81. The summed E-state index contributed by atoms with van der Waals surface area (Å²) in [5.41, 5.74) is 0.700. The van der Waals surface area contributed by atoms with Gasteiger partial charge in [-0.15, -0.1) is 4.44 Å². The fourth-order valence-electron chi connectivity index (χ4n) is 1.03. The summed E-state index contributed by atoms with van der Waals surface area (Å²) >= 11 is 21.8. The Balaban J connectivity index is 2.99. The zero-order chi connectivity index (χ0) is 12.4. The SMILES string of the molecule is O=P(Cl)(Cl)N(Cc1ccccc1)P(=O)(Cl)Cl. The lowest BCUT2D eigenvalue weighted by Gasteiger charge is -2.22. The smallest absolute Gasteiger partial charge is 0.270 e. The highest BCUT2D eigenvalue weighted by molar-refractivity contribution is 8.18. The zero-order valence-electron chi connectivity index (χ0n) is 7.76. The van der Waals surface area contributed by atoms with Crippen LogP contribution in [-0.2, 0) is 15.7 Å².